The summed E-state index contributed by atoms with van der Waals surface area (Å²) in [7, 11) is 1.76. The molecule has 1 aromatic carbocycles. The van der Waals surface area contributed by atoms with Crippen molar-refractivity contribution in [2.75, 3.05) is 20.1 Å². The van der Waals surface area contributed by atoms with Crippen LogP contribution in [0.25, 0.3) is 16.6 Å². The van der Waals surface area contributed by atoms with Crippen LogP contribution in [0, 0.1) is 18.7 Å². The van der Waals surface area contributed by atoms with E-state index in [9.17, 15) is 9.18 Å². The van der Waals surface area contributed by atoms with Gasteiger partial charge in [-0.3, -0.25) is 9.78 Å². The van der Waals surface area contributed by atoms with Crippen molar-refractivity contribution in [1.29, 1.82) is 0 Å². The van der Waals surface area contributed by atoms with E-state index < -0.39 is 5.82 Å². The van der Waals surface area contributed by atoms with Crippen LogP contribution in [-0.4, -0.2) is 46.5 Å². The molecule has 170 valence electrons. The molecular formula is C26H33FN4O. The van der Waals surface area contributed by atoms with Crippen molar-refractivity contribution in [2.45, 2.75) is 52.5 Å². The number of aromatic nitrogens is 2. The highest BCUT2D eigenvalue weighted by Gasteiger charge is 2.23. The summed E-state index contributed by atoms with van der Waals surface area (Å²) in [4.78, 5) is 19.3. The average Bonchev–Trinajstić information content (AvgIpc) is 2.94. The molecule has 1 amide bonds. The lowest BCUT2D eigenvalue weighted by Gasteiger charge is -2.23. The first-order valence-corrected chi connectivity index (χ1v) is 11.6. The van der Waals surface area contributed by atoms with Crippen molar-refractivity contribution < 1.29 is 9.18 Å². The first-order valence-electron chi connectivity index (χ1n) is 11.6. The van der Waals surface area contributed by atoms with Crippen LogP contribution in [0.1, 0.15) is 54.6 Å². The van der Waals surface area contributed by atoms with E-state index >= 15 is 0 Å². The Kier molecular flexibility index (Phi) is 6.60. The molecule has 6 heteroatoms. The van der Waals surface area contributed by atoms with Crippen molar-refractivity contribution in [3.05, 3.63) is 59.3 Å². The van der Waals surface area contributed by atoms with Gasteiger partial charge in [-0.25, -0.2) is 4.39 Å². The predicted octanol–water partition coefficient (Wildman–Crippen LogP) is 4.89. The molecule has 0 bridgehead atoms. The molecule has 0 aliphatic carbocycles. The number of pyridine rings is 1. The first-order chi connectivity index (χ1) is 15.4. The van der Waals surface area contributed by atoms with E-state index in [1.807, 2.05) is 30.8 Å². The molecule has 1 aliphatic rings. The van der Waals surface area contributed by atoms with Crippen LogP contribution in [0.5, 0.6) is 0 Å². The number of hydrogen-bond acceptors (Lipinski definition) is 3. The smallest absolute Gasteiger partial charge is 0.256 e. The maximum Gasteiger partial charge on any atom is 0.256 e. The Morgan fingerprint density at radius 3 is 2.88 bits per heavy atom. The van der Waals surface area contributed by atoms with Gasteiger partial charge in [0.05, 0.1) is 23.0 Å². The molecule has 5 nitrogen and oxygen atoms in total. The van der Waals surface area contributed by atoms with Gasteiger partial charge in [-0.1, -0.05) is 0 Å². The molecule has 1 fully saturated rings. The van der Waals surface area contributed by atoms with E-state index in [0.29, 0.717) is 17.2 Å². The fourth-order valence-electron chi connectivity index (χ4n) is 4.72. The quantitative estimate of drug-likeness (QED) is 0.620. The largest absolute Gasteiger partial charge is 0.339 e. The number of nitrogens with zero attached hydrogens (tertiary/aromatic N) is 3. The molecule has 1 saturated heterocycles. The zero-order valence-electron chi connectivity index (χ0n) is 19.5. The molecule has 3 aromatic rings. The third-order valence-electron chi connectivity index (χ3n) is 6.73. The average molecular weight is 437 g/mol. The lowest BCUT2D eigenvalue weighted by atomic mass is 9.92. The fourth-order valence-corrected chi connectivity index (χ4v) is 4.72. The van der Waals surface area contributed by atoms with Gasteiger partial charge in [-0.2, -0.15) is 0 Å². The van der Waals surface area contributed by atoms with Gasteiger partial charge < -0.3 is 14.8 Å². The van der Waals surface area contributed by atoms with Gasteiger partial charge in [0.25, 0.3) is 5.91 Å². The summed E-state index contributed by atoms with van der Waals surface area (Å²) in [5, 5.41) is 4.69. The summed E-state index contributed by atoms with van der Waals surface area (Å²) in [6.07, 6.45) is 10.4. The summed E-state index contributed by atoms with van der Waals surface area (Å²) in [6.45, 7) is 8.14. The molecule has 3 heterocycles. The van der Waals surface area contributed by atoms with E-state index in [1.165, 1.54) is 35.9 Å². The molecule has 1 N–H and O–H groups in total. The van der Waals surface area contributed by atoms with Crippen molar-refractivity contribution >= 4 is 16.8 Å². The van der Waals surface area contributed by atoms with Crippen LogP contribution in [0.2, 0.25) is 0 Å². The maximum absolute atomic E-state index is 14.2. The molecule has 2 aromatic heterocycles. The highest BCUT2D eigenvalue weighted by Crippen LogP contribution is 2.32. The summed E-state index contributed by atoms with van der Waals surface area (Å²) in [5.41, 5.74) is 4.41. The third-order valence-corrected chi connectivity index (χ3v) is 6.73. The van der Waals surface area contributed by atoms with Crippen LogP contribution in [0.15, 0.2) is 36.8 Å². The third kappa shape index (κ3) is 4.42. The zero-order chi connectivity index (χ0) is 22.8. The lowest BCUT2D eigenvalue weighted by molar-refractivity contribution is 0.0754. The number of aryl methyl sites for hydroxylation is 1. The standard InChI is InChI=1S/C26H33FN4O/c1-17(2)30(4)26(32)22-13-21(27)7-8-23(22)31-16-20(12-19-6-5-10-28-11-9-19)25-18(3)14-29-15-24(25)31/h7-8,13-17,19,28H,5-6,9-12H2,1-4H3. The molecule has 1 unspecified atom stereocenters. The molecule has 32 heavy (non-hydrogen) atoms. The number of hydrogen-bond donors (Lipinski definition) is 1. The van der Waals surface area contributed by atoms with Crippen molar-refractivity contribution in [2.24, 2.45) is 5.92 Å². The maximum atomic E-state index is 14.2. The first kappa shape index (κ1) is 22.5. The van der Waals surface area contributed by atoms with Crippen LogP contribution in [-0.2, 0) is 6.42 Å². The highest BCUT2D eigenvalue weighted by atomic mass is 19.1. The van der Waals surface area contributed by atoms with Crippen LogP contribution in [0.3, 0.4) is 0 Å². The summed E-state index contributed by atoms with van der Waals surface area (Å²) in [6, 6.07) is 4.50. The number of fused-ring (bicyclic) bond motifs is 1. The fraction of sp³-hybridized carbons (Fsp3) is 0.462. The highest BCUT2D eigenvalue weighted by molar-refractivity contribution is 5.99. The van der Waals surface area contributed by atoms with Crippen molar-refractivity contribution in [1.82, 2.24) is 19.8 Å². The monoisotopic (exact) mass is 436 g/mol. The molecule has 1 atom stereocenters. The second-order valence-corrected chi connectivity index (χ2v) is 9.30. The van der Waals surface area contributed by atoms with Crippen molar-refractivity contribution in [3.8, 4) is 5.69 Å². The van der Waals surface area contributed by atoms with Gasteiger partial charge in [0.15, 0.2) is 0 Å². The Hall–Kier alpha value is -2.73. The number of carbonyl (C=O) groups excluding carboxylic acids is 1. The van der Waals surface area contributed by atoms with Crippen LogP contribution >= 0.6 is 0 Å². The SMILES string of the molecule is Cc1cncc2c1c(CC1CCCNCC1)cn2-c1ccc(F)cc1C(=O)N(C)C(C)C. The van der Waals surface area contributed by atoms with Gasteiger partial charge >= 0.3 is 0 Å². The van der Waals surface area contributed by atoms with Crippen LogP contribution in [0.4, 0.5) is 4.39 Å². The summed E-state index contributed by atoms with van der Waals surface area (Å²) < 4.78 is 16.2. The van der Waals surface area contributed by atoms with E-state index in [2.05, 4.69) is 23.4 Å². The van der Waals surface area contributed by atoms with E-state index in [0.717, 1.165) is 37.0 Å². The number of halogens is 1. The molecule has 1 aliphatic heterocycles. The Bertz CT molecular complexity index is 1110. The van der Waals surface area contributed by atoms with Crippen molar-refractivity contribution in [3.63, 3.8) is 0 Å². The number of nitrogens with one attached hydrogen (secondary N) is 1. The normalized spacial score (nSPS) is 17.0. The number of rotatable bonds is 5. The minimum absolute atomic E-state index is 0.0170. The Balaban J connectivity index is 1.84. The molecular weight excluding hydrogens is 403 g/mol. The number of benzene rings is 1. The van der Waals surface area contributed by atoms with Gasteiger partial charge in [0.2, 0.25) is 0 Å². The lowest BCUT2D eigenvalue weighted by Crippen LogP contribution is -2.33. The number of carbonyl (C=O) groups is 1. The number of amides is 1. The van der Waals surface area contributed by atoms with E-state index in [4.69, 9.17) is 0 Å². The molecule has 0 saturated carbocycles. The minimum atomic E-state index is -0.411. The molecule has 0 radical (unpaired) electrons. The zero-order valence-corrected chi connectivity index (χ0v) is 19.5. The topological polar surface area (TPSA) is 50.2 Å². The minimum Gasteiger partial charge on any atom is -0.339 e. The van der Waals surface area contributed by atoms with Gasteiger partial charge in [0.1, 0.15) is 5.82 Å². The Morgan fingerprint density at radius 2 is 2.09 bits per heavy atom. The van der Waals surface area contributed by atoms with Gasteiger partial charge in [-0.05, 0) is 94.8 Å². The van der Waals surface area contributed by atoms with E-state index in [-0.39, 0.29) is 11.9 Å². The Morgan fingerprint density at radius 1 is 1.28 bits per heavy atom. The Labute approximate surface area is 189 Å². The second kappa shape index (κ2) is 9.41. The molecule has 4 rings (SSSR count). The van der Waals surface area contributed by atoms with Gasteiger partial charge in [-0.15, -0.1) is 0 Å². The van der Waals surface area contributed by atoms with Gasteiger partial charge in [0, 0.05) is 30.9 Å². The molecule has 0 spiro atoms. The summed E-state index contributed by atoms with van der Waals surface area (Å²) in [5.74, 6) is 0.0255. The second-order valence-electron chi connectivity index (χ2n) is 9.30. The predicted molar refractivity (Wildman–Crippen MR) is 127 cm³/mol. The van der Waals surface area contributed by atoms with Crippen LogP contribution < -0.4 is 5.32 Å². The summed E-state index contributed by atoms with van der Waals surface area (Å²) >= 11 is 0. The van der Waals surface area contributed by atoms with E-state index in [1.54, 1.807) is 18.0 Å².